The molecule has 0 N–H and O–H groups in total. The van der Waals surface area contributed by atoms with E-state index in [-0.39, 0.29) is 19.0 Å². The first kappa shape index (κ1) is 22.3. The summed E-state index contributed by atoms with van der Waals surface area (Å²) in [6, 6.07) is 11.5. The Hall–Kier alpha value is -3.42. The van der Waals surface area contributed by atoms with E-state index < -0.39 is 12.3 Å². The summed E-state index contributed by atoms with van der Waals surface area (Å²) in [6.45, 7) is 5.26. The first-order valence-electron chi connectivity index (χ1n) is 9.50. The fourth-order valence-electron chi connectivity index (χ4n) is 3.33. The van der Waals surface area contributed by atoms with Crippen molar-refractivity contribution in [1.29, 1.82) is 0 Å². The summed E-state index contributed by atoms with van der Waals surface area (Å²) >= 11 is 0. The maximum atomic E-state index is 12.6. The number of alkyl halides is 3. The molecule has 1 aromatic heterocycles. The topological polar surface area (TPSA) is 49.7 Å². The van der Waals surface area contributed by atoms with Crippen LogP contribution in [0.5, 0.6) is 11.5 Å². The molecular weight excluding hydrogens is 411 g/mol. The largest absolute Gasteiger partial charge is 0.573 e. The molecule has 0 atom stereocenters. The van der Waals surface area contributed by atoms with Crippen molar-refractivity contribution in [2.45, 2.75) is 19.7 Å². The molecule has 0 saturated heterocycles. The fraction of sp³-hybridized carbons (Fsp3) is 0.261. The van der Waals surface area contributed by atoms with E-state index >= 15 is 0 Å². The number of carbonyl (C=O) groups excluding carboxylic acids is 1. The molecule has 3 aromatic rings. The molecule has 5 nitrogen and oxygen atoms in total. The maximum Gasteiger partial charge on any atom is 0.573 e. The number of rotatable bonds is 8. The molecule has 0 spiro atoms. The minimum absolute atomic E-state index is 0.114. The molecule has 3 rings (SSSR count). The normalized spacial score (nSPS) is 11.4. The van der Waals surface area contributed by atoms with Crippen molar-refractivity contribution in [2.24, 2.45) is 7.05 Å². The third-order valence-corrected chi connectivity index (χ3v) is 4.83. The summed E-state index contributed by atoms with van der Waals surface area (Å²) in [7, 11) is 1.86. The minimum atomic E-state index is -4.75. The molecule has 0 aliphatic carbocycles. The standard InChI is InChI=1S/C23H22F3NO4/c1-4-10-29-22(28)14-30-17-7-5-6-16(11-17)12-19-15(2)27(3)21-9-8-18(13-20(19)21)31-23(24,25)26/h4-9,11,13H,1,10,12,14H2,2-3H3. The quantitative estimate of drug-likeness (QED) is 0.367. The number of hydrogen-bond acceptors (Lipinski definition) is 4. The Labute approximate surface area is 177 Å². The third-order valence-electron chi connectivity index (χ3n) is 4.83. The SMILES string of the molecule is C=CCOC(=O)COc1cccc(Cc2c(C)n(C)c3ccc(OC(F)(F)F)cc23)c1. The molecule has 2 aromatic carbocycles. The number of aromatic nitrogens is 1. The summed E-state index contributed by atoms with van der Waals surface area (Å²) in [5, 5.41) is 0.682. The summed E-state index contributed by atoms with van der Waals surface area (Å²) in [5.41, 5.74) is 3.50. The van der Waals surface area contributed by atoms with E-state index in [1.54, 1.807) is 24.3 Å². The highest BCUT2D eigenvalue weighted by Gasteiger charge is 2.31. The van der Waals surface area contributed by atoms with E-state index in [9.17, 15) is 18.0 Å². The molecule has 0 bridgehead atoms. The summed E-state index contributed by atoms with van der Waals surface area (Å²) in [5.74, 6) is -0.276. The van der Waals surface area contributed by atoms with E-state index in [4.69, 9.17) is 9.47 Å². The van der Waals surface area contributed by atoms with E-state index in [0.29, 0.717) is 17.6 Å². The lowest BCUT2D eigenvalue weighted by Crippen LogP contribution is -2.17. The summed E-state index contributed by atoms with van der Waals surface area (Å²) in [4.78, 5) is 11.6. The Morgan fingerprint density at radius 3 is 2.65 bits per heavy atom. The van der Waals surface area contributed by atoms with E-state index in [1.165, 1.54) is 18.2 Å². The van der Waals surface area contributed by atoms with Gasteiger partial charge in [0.1, 0.15) is 18.1 Å². The highest BCUT2D eigenvalue weighted by molar-refractivity contribution is 5.87. The van der Waals surface area contributed by atoms with Crippen molar-refractivity contribution in [2.75, 3.05) is 13.2 Å². The fourth-order valence-corrected chi connectivity index (χ4v) is 3.33. The monoisotopic (exact) mass is 433 g/mol. The van der Waals surface area contributed by atoms with Gasteiger partial charge in [-0.15, -0.1) is 13.2 Å². The number of carbonyl (C=O) groups is 1. The van der Waals surface area contributed by atoms with Crippen molar-refractivity contribution >= 4 is 16.9 Å². The lowest BCUT2D eigenvalue weighted by Gasteiger charge is -2.10. The van der Waals surface area contributed by atoms with Crippen LogP contribution in [0.3, 0.4) is 0 Å². The van der Waals surface area contributed by atoms with Gasteiger partial charge in [0, 0.05) is 23.6 Å². The van der Waals surface area contributed by atoms with Crippen molar-refractivity contribution < 1.29 is 32.2 Å². The molecule has 31 heavy (non-hydrogen) atoms. The maximum absolute atomic E-state index is 12.6. The van der Waals surface area contributed by atoms with Crippen LogP contribution in [0.15, 0.2) is 55.1 Å². The smallest absolute Gasteiger partial charge is 0.482 e. The lowest BCUT2D eigenvalue weighted by molar-refractivity contribution is -0.274. The Bertz CT molecular complexity index is 1100. The number of halogens is 3. The number of benzene rings is 2. The molecule has 1 heterocycles. The molecule has 0 aliphatic heterocycles. The zero-order valence-electron chi connectivity index (χ0n) is 17.2. The van der Waals surface area contributed by atoms with Crippen molar-refractivity contribution in [3.05, 3.63) is 71.9 Å². The Morgan fingerprint density at radius 1 is 1.16 bits per heavy atom. The first-order chi connectivity index (χ1) is 14.7. The molecule has 0 aliphatic rings. The Kier molecular flexibility index (Phi) is 6.58. The van der Waals surface area contributed by atoms with Crippen LogP contribution < -0.4 is 9.47 Å². The number of hydrogen-bond donors (Lipinski definition) is 0. The second kappa shape index (κ2) is 9.16. The van der Waals surface area contributed by atoms with Gasteiger partial charge in [0.05, 0.1) is 0 Å². The average Bonchev–Trinajstić information content (AvgIpc) is 2.94. The zero-order valence-corrected chi connectivity index (χ0v) is 17.2. The third kappa shape index (κ3) is 5.59. The molecule has 0 unspecified atom stereocenters. The predicted octanol–water partition coefficient (Wildman–Crippen LogP) is 5.08. The van der Waals surface area contributed by atoms with Gasteiger partial charge in [-0.05, 0) is 54.8 Å². The molecule has 0 amide bonds. The first-order valence-corrected chi connectivity index (χ1v) is 9.50. The van der Waals surface area contributed by atoms with Gasteiger partial charge in [0.25, 0.3) is 0 Å². The van der Waals surface area contributed by atoms with Crippen LogP contribution in [-0.2, 0) is 23.0 Å². The van der Waals surface area contributed by atoms with Crippen LogP contribution >= 0.6 is 0 Å². The molecule has 0 fully saturated rings. The summed E-state index contributed by atoms with van der Waals surface area (Å²) in [6.07, 6.45) is -2.82. The van der Waals surface area contributed by atoms with Gasteiger partial charge in [0.15, 0.2) is 6.61 Å². The number of aryl methyl sites for hydroxylation is 1. The van der Waals surface area contributed by atoms with Crippen LogP contribution in [0.4, 0.5) is 13.2 Å². The van der Waals surface area contributed by atoms with Gasteiger partial charge in [-0.25, -0.2) is 4.79 Å². The van der Waals surface area contributed by atoms with Crippen molar-refractivity contribution in [1.82, 2.24) is 4.57 Å². The molecule has 0 radical (unpaired) electrons. The van der Waals surface area contributed by atoms with Crippen molar-refractivity contribution in [3.63, 3.8) is 0 Å². The van der Waals surface area contributed by atoms with Crippen molar-refractivity contribution in [3.8, 4) is 11.5 Å². The Morgan fingerprint density at radius 2 is 1.94 bits per heavy atom. The highest BCUT2D eigenvalue weighted by atomic mass is 19.4. The van der Waals surface area contributed by atoms with Crippen LogP contribution in [0.2, 0.25) is 0 Å². The van der Waals surface area contributed by atoms with Crippen LogP contribution in [0, 0.1) is 6.92 Å². The number of ether oxygens (including phenoxy) is 3. The van der Waals surface area contributed by atoms with Crippen LogP contribution in [0.25, 0.3) is 10.9 Å². The molecule has 0 saturated carbocycles. The second-order valence-corrected chi connectivity index (χ2v) is 6.93. The zero-order chi connectivity index (χ0) is 22.6. The van der Waals surface area contributed by atoms with Crippen LogP contribution in [-0.4, -0.2) is 30.1 Å². The van der Waals surface area contributed by atoms with Crippen LogP contribution in [0.1, 0.15) is 16.8 Å². The molecule has 164 valence electrons. The predicted molar refractivity (Wildman–Crippen MR) is 110 cm³/mol. The van der Waals surface area contributed by atoms with Gasteiger partial charge in [-0.2, -0.15) is 0 Å². The molecular formula is C23H22F3NO4. The highest BCUT2D eigenvalue weighted by Crippen LogP contribution is 2.32. The summed E-state index contributed by atoms with van der Waals surface area (Å²) < 4.78 is 54.3. The van der Waals surface area contributed by atoms with Gasteiger partial charge in [-0.1, -0.05) is 24.8 Å². The number of fused-ring (bicyclic) bond motifs is 1. The second-order valence-electron chi connectivity index (χ2n) is 6.93. The van der Waals surface area contributed by atoms with E-state index in [2.05, 4.69) is 11.3 Å². The van der Waals surface area contributed by atoms with Gasteiger partial charge >= 0.3 is 12.3 Å². The molecule has 8 heteroatoms. The number of nitrogens with zero attached hydrogens (tertiary/aromatic N) is 1. The van der Waals surface area contributed by atoms with Gasteiger partial charge < -0.3 is 18.8 Å². The van der Waals surface area contributed by atoms with Gasteiger partial charge in [-0.3, -0.25) is 0 Å². The van der Waals surface area contributed by atoms with E-state index in [0.717, 1.165) is 22.3 Å². The Balaban J connectivity index is 1.84. The van der Waals surface area contributed by atoms with E-state index in [1.807, 2.05) is 24.6 Å². The minimum Gasteiger partial charge on any atom is -0.482 e. The van der Waals surface area contributed by atoms with Gasteiger partial charge in [0.2, 0.25) is 0 Å². The average molecular weight is 433 g/mol. The lowest BCUT2D eigenvalue weighted by atomic mass is 10.0. The number of esters is 1.